The summed E-state index contributed by atoms with van der Waals surface area (Å²) in [6.07, 6.45) is 0.258. The van der Waals surface area contributed by atoms with Gasteiger partial charge in [-0.3, -0.25) is 9.59 Å². The fraction of sp³-hybridized carbons (Fsp3) is 0.0909. The Morgan fingerprint density at radius 2 is 1.93 bits per heavy atom. The van der Waals surface area contributed by atoms with Gasteiger partial charge in [0, 0.05) is 22.3 Å². The lowest BCUT2D eigenvalue weighted by Crippen LogP contribution is -2.22. The summed E-state index contributed by atoms with van der Waals surface area (Å²) in [7, 11) is 1.84. The summed E-state index contributed by atoms with van der Waals surface area (Å²) in [5.41, 5.74) is 1.72. The third-order valence-corrected chi connectivity index (χ3v) is 5.71. The number of carbonyl (C=O) groups is 1. The van der Waals surface area contributed by atoms with Gasteiger partial charge in [-0.05, 0) is 41.3 Å². The van der Waals surface area contributed by atoms with Crippen molar-refractivity contribution in [3.8, 4) is 11.1 Å². The largest absolute Gasteiger partial charge is 0.330 e. The Morgan fingerprint density at radius 3 is 2.68 bits per heavy atom. The van der Waals surface area contributed by atoms with Crippen LogP contribution >= 0.6 is 22.9 Å². The summed E-state index contributed by atoms with van der Waals surface area (Å²) >= 11 is 7.69. The van der Waals surface area contributed by atoms with Crippen molar-refractivity contribution in [2.24, 2.45) is 7.05 Å². The maximum atomic E-state index is 13.3. The monoisotopic (exact) mass is 408 g/mol. The molecule has 0 spiro atoms. The van der Waals surface area contributed by atoms with E-state index in [2.05, 4.69) is 5.32 Å². The molecular weight excluding hydrogens is 392 g/mol. The van der Waals surface area contributed by atoms with Gasteiger partial charge in [-0.25, -0.2) is 0 Å². The molecule has 0 bridgehead atoms. The topological polar surface area (TPSA) is 51.1 Å². The maximum absolute atomic E-state index is 13.3. The predicted molar refractivity (Wildman–Crippen MR) is 116 cm³/mol. The molecule has 0 fully saturated rings. The molecule has 0 aliphatic carbocycles. The highest BCUT2D eigenvalue weighted by Crippen LogP contribution is 2.30. The van der Waals surface area contributed by atoms with E-state index >= 15 is 0 Å². The lowest BCUT2D eigenvalue weighted by molar-refractivity contribution is -0.115. The highest BCUT2D eigenvalue weighted by atomic mass is 35.5. The minimum Gasteiger partial charge on any atom is -0.330 e. The Kier molecular flexibility index (Phi) is 5.03. The first-order valence-electron chi connectivity index (χ1n) is 8.74. The Morgan fingerprint density at radius 1 is 1.11 bits per heavy atom. The molecule has 2 heterocycles. The number of pyridine rings is 1. The van der Waals surface area contributed by atoms with E-state index in [9.17, 15) is 9.59 Å². The number of benzene rings is 2. The van der Waals surface area contributed by atoms with Crippen LogP contribution in [-0.2, 0) is 18.3 Å². The van der Waals surface area contributed by atoms with E-state index in [0.29, 0.717) is 27.4 Å². The maximum Gasteiger partial charge on any atom is 0.230 e. The van der Waals surface area contributed by atoms with Gasteiger partial charge in [0.05, 0.1) is 17.5 Å². The standard InChI is InChI=1S/C22H17ClN2O2S/c1-25-18-10-3-2-9-17(18)21(27)20(14-6-4-7-15(23)12-14)22(25)24-19(26)13-16-8-5-11-28-16/h2-12H,13H2,1H3,(H,24,26). The highest BCUT2D eigenvalue weighted by molar-refractivity contribution is 7.10. The average Bonchev–Trinajstić information content (AvgIpc) is 3.19. The minimum atomic E-state index is -0.170. The molecule has 1 N–H and O–H groups in total. The molecule has 4 rings (SSSR count). The number of carbonyl (C=O) groups excluding carboxylic acids is 1. The SMILES string of the molecule is Cn1c(NC(=O)Cc2cccs2)c(-c2cccc(Cl)c2)c(=O)c2ccccc21. The number of hydrogen-bond donors (Lipinski definition) is 1. The van der Waals surface area contributed by atoms with Gasteiger partial charge >= 0.3 is 0 Å². The molecule has 0 aliphatic rings. The average molecular weight is 409 g/mol. The summed E-state index contributed by atoms with van der Waals surface area (Å²) in [5, 5.41) is 6.02. The number of aromatic nitrogens is 1. The van der Waals surface area contributed by atoms with Crippen LogP contribution in [0.2, 0.25) is 5.02 Å². The molecule has 1 amide bonds. The lowest BCUT2D eigenvalue weighted by Gasteiger charge is -2.18. The van der Waals surface area contributed by atoms with E-state index in [1.807, 2.05) is 53.4 Å². The van der Waals surface area contributed by atoms with Crippen molar-refractivity contribution >= 4 is 45.6 Å². The Bertz CT molecular complexity index is 1230. The number of aryl methyl sites for hydroxylation is 1. The van der Waals surface area contributed by atoms with Crippen LogP contribution in [0.5, 0.6) is 0 Å². The van der Waals surface area contributed by atoms with Crippen LogP contribution in [0.1, 0.15) is 4.88 Å². The van der Waals surface area contributed by atoms with Crippen LogP contribution in [0, 0.1) is 0 Å². The van der Waals surface area contributed by atoms with Gasteiger partial charge in [-0.15, -0.1) is 11.3 Å². The lowest BCUT2D eigenvalue weighted by atomic mass is 10.0. The van der Waals surface area contributed by atoms with Crippen LogP contribution < -0.4 is 10.7 Å². The Hall–Kier alpha value is -2.89. The molecule has 4 aromatic rings. The Labute approximate surface area is 171 Å². The zero-order valence-corrected chi connectivity index (χ0v) is 16.7. The molecule has 0 unspecified atom stereocenters. The van der Waals surface area contributed by atoms with Crippen molar-refractivity contribution in [2.75, 3.05) is 5.32 Å². The number of amides is 1. The second-order valence-corrected chi connectivity index (χ2v) is 7.91. The highest BCUT2D eigenvalue weighted by Gasteiger charge is 2.19. The number of anilines is 1. The van der Waals surface area contributed by atoms with Crippen molar-refractivity contribution < 1.29 is 4.79 Å². The van der Waals surface area contributed by atoms with Gasteiger partial charge in [0.1, 0.15) is 5.82 Å². The van der Waals surface area contributed by atoms with Crippen LogP contribution in [0.4, 0.5) is 5.82 Å². The van der Waals surface area contributed by atoms with Gasteiger partial charge in [0.25, 0.3) is 0 Å². The number of para-hydroxylation sites is 1. The van der Waals surface area contributed by atoms with Crippen molar-refractivity contribution in [3.05, 3.63) is 86.2 Å². The molecule has 4 nitrogen and oxygen atoms in total. The summed E-state index contributed by atoms with van der Waals surface area (Å²) < 4.78 is 1.85. The minimum absolute atomic E-state index is 0.137. The van der Waals surface area contributed by atoms with E-state index in [-0.39, 0.29) is 17.8 Å². The van der Waals surface area contributed by atoms with E-state index in [1.165, 1.54) is 11.3 Å². The van der Waals surface area contributed by atoms with Gasteiger partial charge in [0.2, 0.25) is 5.91 Å². The van der Waals surface area contributed by atoms with Crippen LogP contribution in [0.25, 0.3) is 22.0 Å². The first kappa shape index (κ1) is 18.5. The smallest absolute Gasteiger partial charge is 0.230 e. The molecule has 2 aromatic carbocycles. The number of nitrogens with one attached hydrogen (secondary N) is 1. The van der Waals surface area contributed by atoms with E-state index < -0.39 is 0 Å². The molecule has 28 heavy (non-hydrogen) atoms. The quantitative estimate of drug-likeness (QED) is 0.510. The molecule has 0 atom stereocenters. The third kappa shape index (κ3) is 3.46. The fourth-order valence-electron chi connectivity index (χ4n) is 3.29. The summed E-state index contributed by atoms with van der Waals surface area (Å²) in [6.45, 7) is 0. The number of hydrogen-bond acceptors (Lipinski definition) is 3. The van der Waals surface area contributed by atoms with Crippen molar-refractivity contribution in [2.45, 2.75) is 6.42 Å². The van der Waals surface area contributed by atoms with Gasteiger partial charge in [0.15, 0.2) is 5.43 Å². The van der Waals surface area contributed by atoms with Gasteiger partial charge in [-0.1, -0.05) is 41.9 Å². The summed E-state index contributed by atoms with van der Waals surface area (Å²) in [5.74, 6) is 0.295. The van der Waals surface area contributed by atoms with Crippen molar-refractivity contribution in [3.63, 3.8) is 0 Å². The second-order valence-electron chi connectivity index (χ2n) is 6.44. The predicted octanol–water partition coefficient (Wildman–Crippen LogP) is 5.10. The molecule has 0 aliphatic heterocycles. The zero-order chi connectivity index (χ0) is 19.7. The number of rotatable bonds is 4. The first-order chi connectivity index (χ1) is 13.5. The number of thiophene rings is 1. The molecule has 6 heteroatoms. The van der Waals surface area contributed by atoms with Crippen LogP contribution in [0.15, 0.2) is 70.8 Å². The van der Waals surface area contributed by atoms with Crippen molar-refractivity contribution in [1.29, 1.82) is 0 Å². The molecule has 140 valence electrons. The van der Waals surface area contributed by atoms with E-state index in [0.717, 1.165) is 10.4 Å². The molecule has 0 saturated heterocycles. The second kappa shape index (κ2) is 7.62. The number of fused-ring (bicyclic) bond motifs is 1. The van der Waals surface area contributed by atoms with Gasteiger partial charge in [-0.2, -0.15) is 0 Å². The molecule has 0 radical (unpaired) electrons. The molecular formula is C22H17ClN2O2S. The third-order valence-electron chi connectivity index (χ3n) is 4.60. The van der Waals surface area contributed by atoms with Gasteiger partial charge < -0.3 is 9.88 Å². The fourth-order valence-corrected chi connectivity index (χ4v) is 4.19. The van der Waals surface area contributed by atoms with Crippen LogP contribution in [-0.4, -0.2) is 10.5 Å². The Balaban J connectivity index is 1.90. The summed E-state index contributed by atoms with van der Waals surface area (Å²) in [4.78, 5) is 27.0. The first-order valence-corrected chi connectivity index (χ1v) is 10.0. The number of halogens is 1. The molecule has 0 saturated carbocycles. The normalized spacial score (nSPS) is 10.9. The zero-order valence-electron chi connectivity index (χ0n) is 15.1. The number of nitrogens with zero attached hydrogens (tertiary/aromatic N) is 1. The molecule has 2 aromatic heterocycles. The van der Waals surface area contributed by atoms with E-state index in [4.69, 9.17) is 11.6 Å². The van der Waals surface area contributed by atoms with Crippen molar-refractivity contribution in [1.82, 2.24) is 4.57 Å². The summed E-state index contributed by atoms with van der Waals surface area (Å²) in [6, 6.07) is 18.3. The van der Waals surface area contributed by atoms with Crippen LogP contribution in [0.3, 0.4) is 0 Å². The van der Waals surface area contributed by atoms with E-state index in [1.54, 1.807) is 24.3 Å².